The van der Waals surface area contributed by atoms with Gasteiger partial charge in [0, 0.05) is 10.0 Å². The number of carbonyl (C=O) groups is 1. The molecule has 0 saturated heterocycles. The van der Waals surface area contributed by atoms with Crippen LogP contribution in [-0.4, -0.2) is 33.0 Å². The maximum absolute atomic E-state index is 12.5. The predicted octanol–water partition coefficient (Wildman–Crippen LogP) is 3.33. The zero-order chi connectivity index (χ0) is 20.1. The van der Waals surface area contributed by atoms with Crippen LogP contribution in [0.1, 0.15) is 31.1 Å². The molecular formula is C19H23BrN2O4S. The highest BCUT2D eigenvalue weighted by Crippen LogP contribution is 2.22. The number of nitrogens with one attached hydrogen (secondary N) is 2. The van der Waals surface area contributed by atoms with Gasteiger partial charge >= 0.3 is 0 Å². The third kappa shape index (κ3) is 6.64. The van der Waals surface area contributed by atoms with E-state index in [1.54, 1.807) is 26.8 Å². The molecule has 146 valence electrons. The van der Waals surface area contributed by atoms with E-state index in [-0.39, 0.29) is 22.9 Å². The van der Waals surface area contributed by atoms with Gasteiger partial charge in [-0.3, -0.25) is 4.79 Å². The molecule has 0 aliphatic carbocycles. The fourth-order valence-electron chi connectivity index (χ4n) is 2.25. The summed E-state index contributed by atoms with van der Waals surface area (Å²) < 4.78 is 33.6. The van der Waals surface area contributed by atoms with Crippen molar-refractivity contribution >= 4 is 31.9 Å². The molecule has 8 heteroatoms. The molecule has 0 unspecified atom stereocenters. The van der Waals surface area contributed by atoms with Crippen LogP contribution in [0.3, 0.4) is 0 Å². The smallest absolute Gasteiger partial charge is 0.252 e. The Balaban J connectivity index is 2.03. The first-order chi connectivity index (χ1) is 12.6. The zero-order valence-electron chi connectivity index (χ0n) is 15.5. The summed E-state index contributed by atoms with van der Waals surface area (Å²) in [4.78, 5) is 12.5. The average Bonchev–Trinajstić information content (AvgIpc) is 2.57. The molecule has 2 aromatic carbocycles. The van der Waals surface area contributed by atoms with E-state index in [0.717, 1.165) is 0 Å². The zero-order valence-corrected chi connectivity index (χ0v) is 17.9. The molecule has 27 heavy (non-hydrogen) atoms. The second-order valence-electron chi connectivity index (χ2n) is 6.91. The van der Waals surface area contributed by atoms with Crippen molar-refractivity contribution in [3.05, 3.63) is 58.6 Å². The lowest BCUT2D eigenvalue weighted by molar-refractivity contribution is 0.0946. The van der Waals surface area contributed by atoms with Gasteiger partial charge in [0.05, 0.1) is 17.0 Å². The van der Waals surface area contributed by atoms with Crippen molar-refractivity contribution in [2.45, 2.75) is 31.2 Å². The van der Waals surface area contributed by atoms with E-state index >= 15 is 0 Å². The van der Waals surface area contributed by atoms with Crippen LogP contribution in [0.25, 0.3) is 0 Å². The maximum atomic E-state index is 12.5. The second kappa shape index (κ2) is 8.86. The first-order valence-electron chi connectivity index (χ1n) is 8.38. The molecule has 6 nitrogen and oxygen atoms in total. The summed E-state index contributed by atoms with van der Waals surface area (Å²) in [6, 6.07) is 13.6. The number of para-hydroxylation sites is 1. The van der Waals surface area contributed by atoms with Crippen LogP contribution in [0.5, 0.6) is 5.75 Å². The van der Waals surface area contributed by atoms with Crippen molar-refractivity contribution in [3.8, 4) is 5.75 Å². The number of halogens is 1. The van der Waals surface area contributed by atoms with Crippen molar-refractivity contribution in [2.75, 3.05) is 13.2 Å². The van der Waals surface area contributed by atoms with Gasteiger partial charge in [0.15, 0.2) is 0 Å². The second-order valence-corrected chi connectivity index (χ2v) is 9.45. The molecule has 0 heterocycles. The van der Waals surface area contributed by atoms with Crippen LogP contribution in [0, 0.1) is 0 Å². The quantitative estimate of drug-likeness (QED) is 0.628. The van der Waals surface area contributed by atoms with Gasteiger partial charge in [-0.2, -0.15) is 0 Å². The number of hydrogen-bond donors (Lipinski definition) is 2. The number of amides is 1. The predicted molar refractivity (Wildman–Crippen MR) is 108 cm³/mol. The number of carbonyl (C=O) groups excluding carboxylic acids is 1. The van der Waals surface area contributed by atoms with E-state index in [1.807, 2.05) is 30.3 Å². The van der Waals surface area contributed by atoms with Gasteiger partial charge in [-0.05, 0) is 67.0 Å². The van der Waals surface area contributed by atoms with E-state index in [2.05, 4.69) is 26.0 Å². The van der Waals surface area contributed by atoms with Gasteiger partial charge in [0.2, 0.25) is 10.0 Å². The van der Waals surface area contributed by atoms with Crippen molar-refractivity contribution < 1.29 is 17.9 Å². The Morgan fingerprint density at radius 1 is 1.11 bits per heavy atom. The van der Waals surface area contributed by atoms with Crippen molar-refractivity contribution in [1.82, 2.24) is 10.0 Å². The molecule has 0 saturated carbocycles. The molecule has 2 rings (SSSR count). The molecule has 2 aromatic rings. The Hall–Kier alpha value is -1.90. The molecule has 0 fully saturated rings. The highest BCUT2D eigenvalue weighted by Gasteiger charge is 2.23. The lowest BCUT2D eigenvalue weighted by Crippen LogP contribution is -2.40. The molecule has 0 atom stereocenters. The van der Waals surface area contributed by atoms with Crippen LogP contribution in [0.15, 0.2) is 57.9 Å². The monoisotopic (exact) mass is 454 g/mol. The maximum Gasteiger partial charge on any atom is 0.252 e. The van der Waals surface area contributed by atoms with Crippen molar-refractivity contribution in [2.24, 2.45) is 0 Å². The van der Waals surface area contributed by atoms with Gasteiger partial charge < -0.3 is 10.1 Å². The fourth-order valence-corrected chi connectivity index (χ4v) is 4.12. The molecular weight excluding hydrogens is 432 g/mol. The number of benzene rings is 2. The Labute approximate surface area is 168 Å². The normalized spacial score (nSPS) is 11.9. The third-order valence-electron chi connectivity index (χ3n) is 3.33. The first kappa shape index (κ1) is 21.4. The number of ether oxygens (including phenoxy) is 1. The van der Waals surface area contributed by atoms with Crippen LogP contribution >= 0.6 is 15.9 Å². The minimum absolute atomic E-state index is 0.0336. The van der Waals surface area contributed by atoms with E-state index in [0.29, 0.717) is 16.8 Å². The highest BCUT2D eigenvalue weighted by atomic mass is 79.9. The Bertz CT molecular complexity index is 894. The van der Waals surface area contributed by atoms with E-state index < -0.39 is 15.6 Å². The largest absolute Gasteiger partial charge is 0.492 e. The lowest BCUT2D eigenvalue weighted by Gasteiger charge is -2.20. The van der Waals surface area contributed by atoms with Gasteiger partial charge in [-0.15, -0.1) is 0 Å². The van der Waals surface area contributed by atoms with Crippen LogP contribution < -0.4 is 14.8 Å². The average molecular weight is 455 g/mol. The molecule has 0 spiro atoms. The summed E-state index contributed by atoms with van der Waals surface area (Å²) in [6.07, 6.45) is 0. The number of hydrogen-bond acceptors (Lipinski definition) is 4. The molecule has 1 amide bonds. The fraction of sp³-hybridized carbons (Fsp3) is 0.316. The van der Waals surface area contributed by atoms with Gasteiger partial charge in [0.25, 0.3) is 5.91 Å². The minimum Gasteiger partial charge on any atom is -0.492 e. The molecule has 0 aliphatic rings. The van der Waals surface area contributed by atoms with Gasteiger partial charge in [0.1, 0.15) is 12.4 Å². The van der Waals surface area contributed by atoms with E-state index in [1.165, 1.54) is 12.1 Å². The van der Waals surface area contributed by atoms with Crippen LogP contribution in [-0.2, 0) is 10.0 Å². The summed E-state index contributed by atoms with van der Waals surface area (Å²) in [5.74, 6) is 0.334. The number of sulfonamides is 1. The molecule has 0 bridgehead atoms. The highest BCUT2D eigenvalue weighted by molar-refractivity contribution is 9.10. The summed E-state index contributed by atoms with van der Waals surface area (Å²) in [5, 5.41) is 2.73. The molecule has 0 radical (unpaired) electrons. The van der Waals surface area contributed by atoms with Crippen LogP contribution in [0.2, 0.25) is 0 Å². The van der Waals surface area contributed by atoms with E-state index in [4.69, 9.17) is 4.74 Å². The van der Waals surface area contributed by atoms with Gasteiger partial charge in [-0.1, -0.05) is 18.2 Å². The standard InChI is InChI=1S/C19H23BrN2O4S/c1-19(2,3)22-27(24,25)15-9-10-17(20)16(13-15)18(23)21-11-12-26-14-7-5-4-6-8-14/h4-10,13,22H,11-12H2,1-3H3,(H,21,23). The summed E-state index contributed by atoms with van der Waals surface area (Å²) in [6.45, 7) is 5.85. The lowest BCUT2D eigenvalue weighted by atomic mass is 10.1. The minimum atomic E-state index is -3.73. The topological polar surface area (TPSA) is 84.5 Å². The summed E-state index contributed by atoms with van der Waals surface area (Å²) in [5.41, 5.74) is -0.380. The SMILES string of the molecule is CC(C)(C)NS(=O)(=O)c1ccc(Br)c(C(=O)NCCOc2ccccc2)c1. The van der Waals surface area contributed by atoms with Crippen molar-refractivity contribution in [1.29, 1.82) is 0 Å². The molecule has 0 aliphatic heterocycles. The molecule has 2 N–H and O–H groups in total. The summed E-state index contributed by atoms with van der Waals surface area (Å²) >= 11 is 3.30. The Morgan fingerprint density at radius 2 is 1.78 bits per heavy atom. The Kier molecular flexibility index (Phi) is 7.02. The van der Waals surface area contributed by atoms with E-state index in [9.17, 15) is 13.2 Å². The third-order valence-corrected chi connectivity index (χ3v) is 5.78. The van der Waals surface area contributed by atoms with Crippen molar-refractivity contribution in [3.63, 3.8) is 0 Å². The van der Waals surface area contributed by atoms with Gasteiger partial charge in [-0.25, -0.2) is 13.1 Å². The van der Waals surface area contributed by atoms with Crippen LogP contribution in [0.4, 0.5) is 0 Å². The Morgan fingerprint density at radius 3 is 2.41 bits per heavy atom. The molecule has 0 aromatic heterocycles. The number of rotatable bonds is 7. The first-order valence-corrected chi connectivity index (χ1v) is 10.7. The summed E-state index contributed by atoms with van der Waals surface area (Å²) in [7, 11) is -3.73.